The van der Waals surface area contributed by atoms with Gasteiger partial charge in [-0.15, -0.1) is 0 Å². The number of piperidine rings is 1. The average Bonchev–Trinajstić information content (AvgIpc) is 2.47. The van der Waals surface area contributed by atoms with E-state index in [0.717, 1.165) is 0 Å². The normalized spacial score (nSPS) is 18.6. The first-order valence-corrected chi connectivity index (χ1v) is 7.92. The predicted octanol–water partition coefficient (Wildman–Crippen LogP) is 0.538. The maximum absolute atomic E-state index is 12.6. The third kappa shape index (κ3) is 2.97. The molecule has 6 heteroatoms. The van der Waals surface area contributed by atoms with Gasteiger partial charge in [0.05, 0.1) is 4.90 Å². The molecule has 1 fully saturated rings. The summed E-state index contributed by atoms with van der Waals surface area (Å²) >= 11 is 0. The summed E-state index contributed by atoms with van der Waals surface area (Å²) < 4.78 is 26.6. The van der Waals surface area contributed by atoms with Crippen LogP contribution in [0.4, 0.5) is 0 Å². The molecule has 0 radical (unpaired) electrons. The molecule has 0 unspecified atom stereocenters. The van der Waals surface area contributed by atoms with Gasteiger partial charge in [0.25, 0.3) is 0 Å². The van der Waals surface area contributed by atoms with Crippen LogP contribution in [0.1, 0.15) is 18.4 Å². The molecule has 0 atom stereocenters. The van der Waals surface area contributed by atoms with Crippen LogP contribution in [0, 0.1) is 5.92 Å². The molecular weight excluding hydrogens is 264 g/mol. The highest BCUT2D eigenvalue weighted by atomic mass is 32.2. The summed E-state index contributed by atoms with van der Waals surface area (Å²) in [5, 5.41) is 9.09. The topological polar surface area (TPSA) is 83.6 Å². The molecule has 1 heterocycles. The summed E-state index contributed by atoms with van der Waals surface area (Å²) in [6, 6.07) is 6.86. The Hall–Kier alpha value is -0.950. The van der Waals surface area contributed by atoms with E-state index < -0.39 is 10.0 Å². The van der Waals surface area contributed by atoms with Crippen molar-refractivity contribution >= 4 is 10.0 Å². The van der Waals surface area contributed by atoms with E-state index in [4.69, 9.17) is 10.8 Å². The minimum Gasteiger partial charge on any atom is -0.396 e. The number of rotatable bonds is 4. The van der Waals surface area contributed by atoms with Crippen molar-refractivity contribution in [2.24, 2.45) is 11.7 Å². The molecule has 0 spiro atoms. The maximum Gasteiger partial charge on any atom is 0.243 e. The number of hydrogen-bond donors (Lipinski definition) is 2. The van der Waals surface area contributed by atoms with Crippen LogP contribution in [-0.4, -0.2) is 37.5 Å². The van der Waals surface area contributed by atoms with E-state index in [-0.39, 0.29) is 19.1 Å². The third-order valence-corrected chi connectivity index (χ3v) is 5.64. The van der Waals surface area contributed by atoms with Crippen LogP contribution in [0.3, 0.4) is 0 Å². The second-order valence-electron chi connectivity index (χ2n) is 4.84. The highest BCUT2D eigenvalue weighted by Gasteiger charge is 2.30. The van der Waals surface area contributed by atoms with Crippen LogP contribution < -0.4 is 5.73 Å². The zero-order valence-electron chi connectivity index (χ0n) is 10.8. The zero-order chi connectivity index (χ0) is 13.9. The van der Waals surface area contributed by atoms with Gasteiger partial charge in [0.2, 0.25) is 10.0 Å². The Labute approximate surface area is 114 Å². The van der Waals surface area contributed by atoms with Crippen LogP contribution in [0.25, 0.3) is 0 Å². The highest BCUT2D eigenvalue weighted by Crippen LogP contribution is 2.25. The fourth-order valence-electron chi connectivity index (χ4n) is 2.40. The van der Waals surface area contributed by atoms with Crippen molar-refractivity contribution in [2.45, 2.75) is 24.3 Å². The number of hydrogen-bond acceptors (Lipinski definition) is 4. The van der Waals surface area contributed by atoms with Gasteiger partial charge in [0, 0.05) is 26.2 Å². The minimum atomic E-state index is -3.46. The Balaban J connectivity index is 2.23. The van der Waals surface area contributed by atoms with Crippen LogP contribution in [0.5, 0.6) is 0 Å². The fourth-order valence-corrected chi connectivity index (χ4v) is 4.10. The van der Waals surface area contributed by atoms with E-state index in [2.05, 4.69) is 0 Å². The molecule has 19 heavy (non-hydrogen) atoms. The number of nitrogens with zero attached hydrogens (tertiary/aromatic N) is 1. The molecule has 1 aliphatic heterocycles. The number of aliphatic hydroxyl groups is 1. The lowest BCUT2D eigenvalue weighted by molar-refractivity contribution is 0.170. The summed E-state index contributed by atoms with van der Waals surface area (Å²) in [7, 11) is -3.46. The Morgan fingerprint density at radius 1 is 1.26 bits per heavy atom. The summed E-state index contributed by atoms with van der Waals surface area (Å²) in [5.41, 5.74) is 6.25. The Bertz CT molecular complexity index is 522. The van der Waals surface area contributed by atoms with Gasteiger partial charge in [-0.2, -0.15) is 4.31 Å². The van der Waals surface area contributed by atoms with Gasteiger partial charge in [-0.05, 0) is 30.4 Å². The van der Waals surface area contributed by atoms with Crippen molar-refractivity contribution in [1.82, 2.24) is 4.31 Å². The van der Waals surface area contributed by atoms with Crippen molar-refractivity contribution in [3.63, 3.8) is 0 Å². The first-order valence-electron chi connectivity index (χ1n) is 6.48. The van der Waals surface area contributed by atoms with Gasteiger partial charge in [0.1, 0.15) is 0 Å². The quantitative estimate of drug-likeness (QED) is 0.845. The lowest BCUT2D eigenvalue weighted by Crippen LogP contribution is -2.39. The molecule has 2 rings (SSSR count). The van der Waals surface area contributed by atoms with Gasteiger partial charge >= 0.3 is 0 Å². The molecule has 0 amide bonds. The van der Waals surface area contributed by atoms with E-state index in [1.54, 1.807) is 24.3 Å². The summed E-state index contributed by atoms with van der Waals surface area (Å²) in [4.78, 5) is 0.306. The predicted molar refractivity (Wildman–Crippen MR) is 72.9 cm³/mol. The molecule has 0 aliphatic carbocycles. The van der Waals surface area contributed by atoms with Gasteiger partial charge in [-0.3, -0.25) is 0 Å². The molecule has 106 valence electrons. The SMILES string of the molecule is NCc1ccccc1S(=O)(=O)N1CCC(CO)CC1. The van der Waals surface area contributed by atoms with Crippen molar-refractivity contribution in [3.05, 3.63) is 29.8 Å². The molecule has 0 saturated carbocycles. The smallest absolute Gasteiger partial charge is 0.243 e. The molecule has 0 bridgehead atoms. The minimum absolute atomic E-state index is 0.132. The number of nitrogens with two attached hydrogens (primary N) is 1. The average molecular weight is 284 g/mol. The lowest BCUT2D eigenvalue weighted by atomic mass is 10.00. The van der Waals surface area contributed by atoms with Gasteiger partial charge in [0.15, 0.2) is 0 Å². The Morgan fingerprint density at radius 3 is 2.47 bits per heavy atom. The van der Waals surface area contributed by atoms with E-state index in [1.807, 2.05) is 0 Å². The molecule has 1 aromatic carbocycles. The first-order chi connectivity index (χ1) is 9.09. The number of sulfonamides is 1. The number of aliphatic hydroxyl groups excluding tert-OH is 1. The largest absolute Gasteiger partial charge is 0.396 e. The van der Waals surface area contributed by atoms with Crippen molar-refractivity contribution in [1.29, 1.82) is 0 Å². The molecular formula is C13H20N2O3S. The van der Waals surface area contributed by atoms with Crippen LogP contribution in [-0.2, 0) is 16.6 Å². The maximum atomic E-state index is 12.6. The monoisotopic (exact) mass is 284 g/mol. The van der Waals surface area contributed by atoms with Gasteiger partial charge in [-0.25, -0.2) is 8.42 Å². The van der Waals surface area contributed by atoms with Crippen LogP contribution >= 0.6 is 0 Å². The number of benzene rings is 1. The molecule has 3 N–H and O–H groups in total. The van der Waals surface area contributed by atoms with Crippen molar-refractivity contribution in [3.8, 4) is 0 Å². The first kappa shape index (κ1) is 14.5. The van der Waals surface area contributed by atoms with Gasteiger partial charge < -0.3 is 10.8 Å². The van der Waals surface area contributed by atoms with E-state index >= 15 is 0 Å². The van der Waals surface area contributed by atoms with Crippen molar-refractivity contribution in [2.75, 3.05) is 19.7 Å². The van der Waals surface area contributed by atoms with E-state index in [9.17, 15) is 8.42 Å². The van der Waals surface area contributed by atoms with Crippen LogP contribution in [0.2, 0.25) is 0 Å². The third-order valence-electron chi connectivity index (χ3n) is 3.64. The second kappa shape index (κ2) is 6.00. The summed E-state index contributed by atoms with van der Waals surface area (Å²) in [5.74, 6) is 0.219. The second-order valence-corrected chi connectivity index (χ2v) is 6.75. The van der Waals surface area contributed by atoms with Gasteiger partial charge in [-0.1, -0.05) is 18.2 Å². The molecule has 0 aromatic heterocycles. The fraction of sp³-hybridized carbons (Fsp3) is 0.538. The summed E-state index contributed by atoms with van der Waals surface area (Å²) in [6.07, 6.45) is 1.42. The Morgan fingerprint density at radius 2 is 1.89 bits per heavy atom. The molecule has 1 saturated heterocycles. The molecule has 5 nitrogen and oxygen atoms in total. The van der Waals surface area contributed by atoms with E-state index in [0.29, 0.717) is 36.4 Å². The zero-order valence-corrected chi connectivity index (χ0v) is 11.6. The highest BCUT2D eigenvalue weighted by molar-refractivity contribution is 7.89. The molecule has 1 aliphatic rings. The van der Waals surface area contributed by atoms with Crippen molar-refractivity contribution < 1.29 is 13.5 Å². The standard InChI is InChI=1S/C13H20N2O3S/c14-9-12-3-1-2-4-13(12)19(17,18)15-7-5-11(10-16)6-8-15/h1-4,11,16H,5-10,14H2. The summed E-state index contributed by atoms with van der Waals surface area (Å²) in [6.45, 7) is 1.27. The Kier molecular flexibility index (Phi) is 4.57. The van der Waals surface area contributed by atoms with Crippen LogP contribution in [0.15, 0.2) is 29.2 Å². The lowest BCUT2D eigenvalue weighted by Gasteiger charge is -2.30. The molecule has 1 aromatic rings. The van der Waals surface area contributed by atoms with E-state index in [1.165, 1.54) is 4.31 Å².